The summed E-state index contributed by atoms with van der Waals surface area (Å²) in [5.74, 6) is -0.434. The first kappa shape index (κ1) is 31.7. The molecule has 42 heavy (non-hydrogen) atoms. The second-order valence-corrected chi connectivity index (χ2v) is 12.8. The minimum absolute atomic E-state index is 0.155. The van der Waals surface area contributed by atoms with Crippen LogP contribution in [0.15, 0.2) is 83.8 Å². The zero-order chi connectivity index (χ0) is 30.0. The first-order chi connectivity index (χ1) is 20.3. The molecule has 0 aromatic heterocycles. The van der Waals surface area contributed by atoms with E-state index in [0.717, 1.165) is 29.5 Å². The summed E-state index contributed by atoms with van der Waals surface area (Å²) in [7, 11) is -1.93. The van der Waals surface area contributed by atoms with Crippen LogP contribution in [-0.2, 0) is 43.7 Å². The fraction of sp³-hybridized carbons (Fsp3) is 0.375. The van der Waals surface area contributed by atoms with E-state index in [4.69, 9.17) is 16.3 Å². The molecule has 1 fully saturated rings. The molecule has 1 atom stereocenters. The van der Waals surface area contributed by atoms with Gasteiger partial charge in [-0.2, -0.15) is 4.31 Å². The third kappa shape index (κ3) is 8.64. The highest BCUT2D eigenvalue weighted by Gasteiger charge is 2.30. The Morgan fingerprint density at radius 3 is 2.21 bits per heavy atom. The van der Waals surface area contributed by atoms with Crippen LogP contribution in [0.4, 0.5) is 0 Å². The first-order valence-electron chi connectivity index (χ1n) is 14.2. The van der Waals surface area contributed by atoms with Crippen LogP contribution in [0.2, 0.25) is 5.02 Å². The molecule has 0 saturated carbocycles. The summed E-state index contributed by atoms with van der Waals surface area (Å²) in [6.07, 6.45) is 2.66. The van der Waals surface area contributed by atoms with Crippen molar-refractivity contribution in [2.75, 3.05) is 33.4 Å². The molecular weight excluding hydrogens is 574 g/mol. The zero-order valence-electron chi connectivity index (χ0n) is 23.9. The Morgan fingerprint density at radius 1 is 0.929 bits per heavy atom. The molecule has 0 spiro atoms. The van der Waals surface area contributed by atoms with Gasteiger partial charge in [-0.1, -0.05) is 66.2 Å². The normalized spacial score (nSPS) is 14.4. The minimum atomic E-state index is -3.50. The summed E-state index contributed by atoms with van der Waals surface area (Å²) in [5, 5.41) is 3.50. The highest BCUT2D eigenvalue weighted by Crippen LogP contribution is 2.22. The maximum absolute atomic E-state index is 13.8. The van der Waals surface area contributed by atoms with Gasteiger partial charge in [-0.25, -0.2) is 8.42 Å². The maximum atomic E-state index is 13.8. The lowest BCUT2D eigenvalue weighted by Gasteiger charge is -2.31. The van der Waals surface area contributed by atoms with E-state index in [1.807, 2.05) is 42.5 Å². The number of hydrogen-bond acceptors (Lipinski definition) is 5. The van der Waals surface area contributed by atoms with Gasteiger partial charge in [-0.3, -0.25) is 9.59 Å². The third-order valence-electron chi connectivity index (χ3n) is 7.40. The van der Waals surface area contributed by atoms with E-state index in [9.17, 15) is 18.0 Å². The summed E-state index contributed by atoms with van der Waals surface area (Å²) in [6.45, 7) is 2.02. The topological polar surface area (TPSA) is 96.0 Å². The molecule has 10 heteroatoms. The van der Waals surface area contributed by atoms with Crippen molar-refractivity contribution in [3.8, 4) is 0 Å². The highest BCUT2D eigenvalue weighted by molar-refractivity contribution is 7.89. The molecule has 1 saturated heterocycles. The van der Waals surface area contributed by atoms with Crippen molar-refractivity contribution in [1.82, 2.24) is 14.5 Å². The summed E-state index contributed by atoms with van der Waals surface area (Å²) in [4.78, 5) is 29.2. The number of carbonyl (C=O) groups excluding carboxylic acids is 2. The maximum Gasteiger partial charge on any atom is 0.243 e. The van der Waals surface area contributed by atoms with E-state index >= 15 is 0 Å². The number of amides is 2. The van der Waals surface area contributed by atoms with Crippen LogP contribution in [0.1, 0.15) is 36.0 Å². The molecule has 1 aliphatic heterocycles. The van der Waals surface area contributed by atoms with Crippen LogP contribution in [0.3, 0.4) is 0 Å². The fourth-order valence-electron chi connectivity index (χ4n) is 5.04. The van der Waals surface area contributed by atoms with Crippen molar-refractivity contribution in [1.29, 1.82) is 0 Å². The van der Waals surface area contributed by atoms with Crippen molar-refractivity contribution in [2.24, 2.45) is 0 Å². The number of methoxy groups -OCH3 is 1. The Bertz CT molecular complexity index is 1410. The van der Waals surface area contributed by atoms with Gasteiger partial charge in [0.2, 0.25) is 21.8 Å². The molecular formula is C32H38ClN3O5S. The van der Waals surface area contributed by atoms with Gasteiger partial charge in [0.1, 0.15) is 6.04 Å². The van der Waals surface area contributed by atoms with Crippen LogP contribution in [0.25, 0.3) is 0 Å². The van der Waals surface area contributed by atoms with Crippen LogP contribution in [-0.4, -0.2) is 68.8 Å². The SMILES string of the molecule is COCCNC(=O)C(Cc1ccccc1)N(Cc1ccc(Cl)cc1)C(=O)CCc1ccc(S(=O)(=O)N2CCCC2)cc1. The predicted octanol–water partition coefficient (Wildman–Crippen LogP) is 4.46. The summed E-state index contributed by atoms with van der Waals surface area (Å²) < 4.78 is 32.4. The minimum Gasteiger partial charge on any atom is -0.383 e. The van der Waals surface area contributed by atoms with E-state index in [-0.39, 0.29) is 29.7 Å². The number of halogens is 1. The first-order valence-corrected chi connectivity index (χ1v) is 16.0. The molecule has 1 heterocycles. The Kier molecular flexibility index (Phi) is 11.5. The summed E-state index contributed by atoms with van der Waals surface area (Å²) in [5.41, 5.74) is 2.64. The molecule has 1 N–H and O–H groups in total. The molecule has 1 unspecified atom stereocenters. The summed E-state index contributed by atoms with van der Waals surface area (Å²) in [6, 6.07) is 22.9. The number of aryl methyl sites for hydroxylation is 1. The lowest BCUT2D eigenvalue weighted by Crippen LogP contribution is -2.51. The number of benzene rings is 3. The Morgan fingerprint density at radius 2 is 1.57 bits per heavy atom. The number of sulfonamides is 1. The van der Waals surface area contributed by atoms with Gasteiger partial charge in [-0.05, 0) is 60.2 Å². The Hall–Kier alpha value is -3.24. The summed E-state index contributed by atoms with van der Waals surface area (Å²) >= 11 is 6.10. The largest absolute Gasteiger partial charge is 0.383 e. The van der Waals surface area contributed by atoms with Gasteiger partial charge < -0.3 is 15.0 Å². The van der Waals surface area contributed by atoms with Gasteiger partial charge in [0.25, 0.3) is 0 Å². The van der Waals surface area contributed by atoms with E-state index in [1.165, 1.54) is 4.31 Å². The van der Waals surface area contributed by atoms with Crippen molar-refractivity contribution < 1.29 is 22.7 Å². The number of rotatable bonds is 14. The quantitative estimate of drug-likeness (QED) is 0.272. The van der Waals surface area contributed by atoms with Gasteiger partial charge in [0.15, 0.2) is 0 Å². The lowest BCUT2D eigenvalue weighted by atomic mass is 10.0. The number of carbonyl (C=O) groups is 2. The molecule has 8 nitrogen and oxygen atoms in total. The second kappa shape index (κ2) is 15.3. The van der Waals surface area contributed by atoms with Crippen LogP contribution < -0.4 is 5.32 Å². The molecule has 3 aromatic carbocycles. The second-order valence-electron chi connectivity index (χ2n) is 10.4. The average molecular weight is 612 g/mol. The molecule has 2 amide bonds. The van der Waals surface area contributed by atoms with E-state index < -0.39 is 16.1 Å². The third-order valence-corrected chi connectivity index (χ3v) is 9.56. The smallest absolute Gasteiger partial charge is 0.243 e. The molecule has 1 aliphatic rings. The number of nitrogens with one attached hydrogen (secondary N) is 1. The molecule has 4 rings (SSSR count). The molecule has 0 bridgehead atoms. The average Bonchev–Trinajstić information content (AvgIpc) is 3.56. The van der Waals surface area contributed by atoms with Crippen LogP contribution >= 0.6 is 11.6 Å². The standard InChI is InChI=1S/C32H38ClN3O5S/c1-41-22-19-34-32(38)30(23-26-7-3-2-4-8-26)36(24-27-9-14-28(33)15-10-27)31(37)18-13-25-11-16-29(17-12-25)42(39,40)35-20-5-6-21-35/h2-4,7-12,14-17,30H,5-6,13,18-24H2,1H3,(H,34,38). The van der Waals surface area contributed by atoms with E-state index in [2.05, 4.69) is 5.32 Å². The predicted molar refractivity (Wildman–Crippen MR) is 164 cm³/mol. The zero-order valence-corrected chi connectivity index (χ0v) is 25.4. The number of ether oxygens (including phenoxy) is 1. The Labute approximate surface area is 253 Å². The highest BCUT2D eigenvalue weighted by atomic mass is 35.5. The van der Waals surface area contributed by atoms with E-state index in [0.29, 0.717) is 44.1 Å². The molecule has 224 valence electrons. The van der Waals surface area contributed by atoms with Crippen molar-refractivity contribution in [3.05, 3.63) is 101 Å². The monoisotopic (exact) mass is 611 g/mol. The molecule has 3 aromatic rings. The van der Waals surface area contributed by atoms with Crippen LogP contribution in [0, 0.1) is 0 Å². The number of nitrogens with zero attached hydrogens (tertiary/aromatic N) is 2. The van der Waals surface area contributed by atoms with Crippen molar-refractivity contribution >= 4 is 33.4 Å². The van der Waals surface area contributed by atoms with Crippen molar-refractivity contribution in [2.45, 2.75) is 49.6 Å². The van der Waals surface area contributed by atoms with Crippen molar-refractivity contribution in [3.63, 3.8) is 0 Å². The molecule has 0 radical (unpaired) electrons. The van der Waals surface area contributed by atoms with Gasteiger partial charge >= 0.3 is 0 Å². The molecule has 0 aliphatic carbocycles. The van der Waals surface area contributed by atoms with E-state index in [1.54, 1.807) is 48.4 Å². The Balaban J connectivity index is 1.54. The fourth-order valence-corrected chi connectivity index (χ4v) is 6.68. The lowest BCUT2D eigenvalue weighted by molar-refractivity contribution is -0.141. The van der Waals surface area contributed by atoms with Gasteiger partial charge in [-0.15, -0.1) is 0 Å². The van der Waals surface area contributed by atoms with Gasteiger partial charge in [0.05, 0.1) is 11.5 Å². The number of hydrogen-bond donors (Lipinski definition) is 1. The van der Waals surface area contributed by atoms with Gasteiger partial charge in [0, 0.05) is 51.2 Å². The van der Waals surface area contributed by atoms with Crippen LogP contribution in [0.5, 0.6) is 0 Å².